The van der Waals surface area contributed by atoms with Crippen LogP contribution in [0.4, 0.5) is 25.6 Å². The molecule has 1 atom stereocenters. The Morgan fingerprint density at radius 1 is 1.20 bits per heavy atom. The summed E-state index contributed by atoms with van der Waals surface area (Å²) in [5, 5.41) is 14.5. The number of nitro groups is 1. The maximum Gasteiger partial charge on any atom is 0.414 e. The first kappa shape index (κ1) is 29.0. The van der Waals surface area contributed by atoms with Crippen molar-refractivity contribution in [3.63, 3.8) is 0 Å². The van der Waals surface area contributed by atoms with E-state index >= 15 is 0 Å². The molecule has 222 valence electrons. The topological polar surface area (TPSA) is 121 Å². The quantitative estimate of drug-likeness (QED) is 0.347. The van der Waals surface area contributed by atoms with Crippen LogP contribution in [0.5, 0.6) is 5.75 Å². The molecule has 2 aromatic rings. The zero-order valence-electron chi connectivity index (χ0n) is 23.2. The summed E-state index contributed by atoms with van der Waals surface area (Å²) < 4.78 is 26.2. The van der Waals surface area contributed by atoms with Crippen LogP contribution in [0.3, 0.4) is 0 Å². The van der Waals surface area contributed by atoms with Crippen LogP contribution in [0.25, 0.3) is 0 Å². The number of piperidine rings is 1. The molecule has 3 aliphatic heterocycles. The highest BCUT2D eigenvalue weighted by atomic mass is 32.1. The molecule has 0 radical (unpaired) electrons. The molecule has 0 aliphatic carbocycles. The summed E-state index contributed by atoms with van der Waals surface area (Å²) in [6.45, 7) is 7.18. The van der Waals surface area contributed by atoms with Gasteiger partial charge in [-0.2, -0.15) is 0 Å². The van der Waals surface area contributed by atoms with Crippen molar-refractivity contribution in [3.05, 3.63) is 45.1 Å². The van der Waals surface area contributed by atoms with Gasteiger partial charge in [0.2, 0.25) is 5.91 Å². The number of ether oxygens (including phenoxy) is 2. The van der Waals surface area contributed by atoms with Crippen molar-refractivity contribution in [2.75, 3.05) is 69.2 Å². The summed E-state index contributed by atoms with van der Waals surface area (Å²) in [6, 6.07) is 6.37. The Hall–Kier alpha value is -3.49. The van der Waals surface area contributed by atoms with E-state index < -0.39 is 18.0 Å². The first-order chi connectivity index (χ1) is 19.7. The molecule has 0 saturated carbocycles. The second-order valence-corrected chi connectivity index (χ2v) is 11.8. The average molecular weight is 591 g/mol. The number of carbonyl (C=O) groups is 2. The molecule has 12 nitrogen and oxygen atoms in total. The number of halogens is 1. The van der Waals surface area contributed by atoms with E-state index in [2.05, 4.69) is 27.1 Å². The number of rotatable bonds is 9. The Kier molecular flexibility index (Phi) is 8.90. The molecular weight excluding hydrogens is 555 g/mol. The third kappa shape index (κ3) is 7.05. The number of thiophene rings is 1. The van der Waals surface area contributed by atoms with E-state index in [1.54, 1.807) is 6.07 Å². The van der Waals surface area contributed by atoms with E-state index in [0.29, 0.717) is 30.8 Å². The number of carbonyl (C=O) groups excluding carboxylic acids is 2. The molecule has 41 heavy (non-hydrogen) atoms. The number of nitrogens with one attached hydrogen (secondary N) is 1. The minimum atomic E-state index is -0.590. The van der Waals surface area contributed by atoms with E-state index in [9.17, 15) is 24.1 Å². The molecule has 4 heterocycles. The number of piperazine rings is 1. The fraction of sp³-hybridized carbons (Fsp3) is 0.556. The summed E-state index contributed by atoms with van der Waals surface area (Å²) in [4.78, 5) is 43.7. The van der Waals surface area contributed by atoms with Crippen LogP contribution in [-0.4, -0.2) is 98.3 Å². The Morgan fingerprint density at radius 3 is 2.59 bits per heavy atom. The Balaban J connectivity index is 1.13. The smallest absolute Gasteiger partial charge is 0.414 e. The molecule has 0 spiro atoms. The van der Waals surface area contributed by atoms with Gasteiger partial charge in [0.1, 0.15) is 17.9 Å². The van der Waals surface area contributed by atoms with Gasteiger partial charge >= 0.3 is 11.1 Å². The van der Waals surface area contributed by atoms with Crippen LogP contribution in [0, 0.1) is 15.9 Å². The van der Waals surface area contributed by atoms with Gasteiger partial charge in [-0.25, -0.2) is 9.18 Å². The van der Waals surface area contributed by atoms with Gasteiger partial charge in [-0.3, -0.25) is 24.7 Å². The molecule has 1 N–H and O–H groups in total. The number of hydrogen-bond donors (Lipinski definition) is 1. The van der Waals surface area contributed by atoms with E-state index in [0.717, 1.165) is 44.1 Å². The van der Waals surface area contributed by atoms with Gasteiger partial charge < -0.3 is 24.6 Å². The molecule has 1 aromatic carbocycles. The molecule has 3 saturated heterocycles. The van der Waals surface area contributed by atoms with Gasteiger partial charge in [0.25, 0.3) is 0 Å². The first-order valence-corrected chi connectivity index (χ1v) is 14.6. The number of likely N-dealkylation sites (tertiary alicyclic amines) is 1. The number of cyclic esters (lactones) is 1. The van der Waals surface area contributed by atoms with E-state index in [1.165, 1.54) is 35.3 Å². The standard InChI is InChI=1S/C27H35FN6O6S/c1-18(35)29-15-21-16-33(27(36)40-21)19-3-4-25(23(28)13-19)39-20-5-7-31(8-6-20)17-22-14-24(26(41-22)34(37)38)32-11-9-30(2)10-12-32/h3-4,13-14,20-21H,5-12,15-17H2,1-2H3,(H,29,35)/t21-/m0/s1. The fourth-order valence-electron chi connectivity index (χ4n) is 5.34. The lowest BCUT2D eigenvalue weighted by molar-refractivity contribution is -0.379. The summed E-state index contributed by atoms with van der Waals surface area (Å²) in [5.41, 5.74) is 1.08. The second kappa shape index (κ2) is 12.6. The predicted octanol–water partition coefficient (Wildman–Crippen LogP) is 3.05. The van der Waals surface area contributed by atoms with Crippen molar-refractivity contribution >= 4 is 39.7 Å². The van der Waals surface area contributed by atoms with E-state index in [4.69, 9.17) is 9.47 Å². The van der Waals surface area contributed by atoms with Crippen LogP contribution in [-0.2, 0) is 16.1 Å². The summed E-state index contributed by atoms with van der Waals surface area (Å²) in [5.74, 6) is -0.658. The van der Waals surface area contributed by atoms with E-state index in [-0.39, 0.29) is 40.8 Å². The van der Waals surface area contributed by atoms with Crippen molar-refractivity contribution in [1.29, 1.82) is 0 Å². The summed E-state index contributed by atoms with van der Waals surface area (Å²) in [6.07, 6.45) is 0.137. The Bertz CT molecular complexity index is 1280. The fourth-order valence-corrected chi connectivity index (χ4v) is 6.37. The number of nitrogens with zero attached hydrogens (tertiary/aromatic N) is 5. The lowest BCUT2D eigenvalue weighted by Crippen LogP contribution is -2.44. The van der Waals surface area contributed by atoms with Crippen molar-refractivity contribution in [1.82, 2.24) is 15.1 Å². The molecule has 0 bridgehead atoms. The lowest BCUT2D eigenvalue weighted by Gasteiger charge is -2.33. The number of benzene rings is 1. The van der Waals surface area contributed by atoms with Gasteiger partial charge in [-0.05, 0) is 38.1 Å². The highest BCUT2D eigenvalue weighted by Gasteiger charge is 2.33. The normalized spacial score (nSPS) is 20.8. The molecule has 5 rings (SSSR count). The number of anilines is 2. The van der Waals surface area contributed by atoms with Gasteiger partial charge in [0, 0.05) is 63.7 Å². The Morgan fingerprint density at radius 2 is 1.93 bits per heavy atom. The molecular formula is C27H35FN6O6S. The monoisotopic (exact) mass is 590 g/mol. The number of amides is 2. The molecule has 3 fully saturated rings. The lowest BCUT2D eigenvalue weighted by atomic mass is 10.1. The third-order valence-corrected chi connectivity index (χ3v) is 8.70. The maximum atomic E-state index is 14.9. The molecule has 0 unspecified atom stereocenters. The van der Waals surface area contributed by atoms with Gasteiger partial charge in [-0.15, -0.1) is 0 Å². The minimum Gasteiger partial charge on any atom is -0.487 e. The van der Waals surface area contributed by atoms with Crippen molar-refractivity contribution in [2.24, 2.45) is 0 Å². The zero-order chi connectivity index (χ0) is 29.1. The molecule has 14 heteroatoms. The second-order valence-electron chi connectivity index (χ2n) is 10.7. The molecule has 3 aliphatic rings. The van der Waals surface area contributed by atoms with Crippen LogP contribution in [0.1, 0.15) is 24.6 Å². The largest absolute Gasteiger partial charge is 0.487 e. The highest BCUT2D eigenvalue weighted by Crippen LogP contribution is 2.39. The van der Waals surface area contributed by atoms with Gasteiger partial charge in [-0.1, -0.05) is 11.3 Å². The van der Waals surface area contributed by atoms with Crippen molar-refractivity contribution in [3.8, 4) is 5.75 Å². The van der Waals surface area contributed by atoms with Crippen molar-refractivity contribution in [2.45, 2.75) is 38.5 Å². The minimum absolute atomic E-state index is 0.125. The van der Waals surface area contributed by atoms with Crippen LogP contribution in [0.2, 0.25) is 0 Å². The maximum absolute atomic E-state index is 14.9. The summed E-state index contributed by atoms with van der Waals surface area (Å²) >= 11 is 1.24. The van der Waals surface area contributed by atoms with Crippen LogP contribution in [0.15, 0.2) is 24.3 Å². The number of hydrogen-bond acceptors (Lipinski definition) is 10. The SMILES string of the molecule is CC(=O)NC[C@H]1CN(c2ccc(OC3CCN(Cc4cc(N5CCN(C)CC5)c([N+](=O)[O-])s4)CC3)c(F)c2)C(=O)O1. The van der Waals surface area contributed by atoms with Gasteiger partial charge in [0.15, 0.2) is 11.6 Å². The van der Waals surface area contributed by atoms with Crippen molar-refractivity contribution < 1.29 is 28.4 Å². The van der Waals surface area contributed by atoms with E-state index in [1.807, 2.05) is 6.07 Å². The molecule has 1 aromatic heterocycles. The summed E-state index contributed by atoms with van der Waals surface area (Å²) in [7, 11) is 2.06. The zero-order valence-corrected chi connectivity index (χ0v) is 24.0. The average Bonchev–Trinajstić information content (AvgIpc) is 3.53. The highest BCUT2D eigenvalue weighted by molar-refractivity contribution is 7.16. The number of likely N-dealkylation sites (N-methyl/N-ethyl adjacent to an activating group) is 1. The third-order valence-electron chi connectivity index (χ3n) is 7.64. The first-order valence-electron chi connectivity index (χ1n) is 13.8. The predicted molar refractivity (Wildman–Crippen MR) is 152 cm³/mol. The molecule has 2 amide bonds. The van der Waals surface area contributed by atoms with Crippen LogP contribution >= 0.6 is 11.3 Å². The van der Waals surface area contributed by atoms with Crippen LogP contribution < -0.4 is 19.9 Å². The van der Waals surface area contributed by atoms with Gasteiger partial charge in [0.05, 0.1) is 23.7 Å². The Labute approximate surface area is 241 Å².